The van der Waals surface area contributed by atoms with E-state index >= 15 is 0 Å². The summed E-state index contributed by atoms with van der Waals surface area (Å²) < 4.78 is 20.4. The zero-order chi connectivity index (χ0) is 23.3. The summed E-state index contributed by atoms with van der Waals surface area (Å²) in [6.45, 7) is 1.79. The van der Waals surface area contributed by atoms with Crippen LogP contribution in [0.15, 0.2) is 77.7 Å². The molecule has 3 aromatic rings. The lowest BCUT2D eigenvalue weighted by atomic mass is 10.2. The van der Waals surface area contributed by atoms with Crippen molar-refractivity contribution in [2.45, 2.75) is 17.9 Å². The normalized spacial score (nSPS) is 11.6. The second-order valence-corrected chi connectivity index (χ2v) is 7.45. The van der Waals surface area contributed by atoms with E-state index in [0.29, 0.717) is 16.4 Å². The van der Waals surface area contributed by atoms with E-state index in [1.165, 1.54) is 0 Å². The minimum atomic E-state index is -2.08. The van der Waals surface area contributed by atoms with E-state index in [1.54, 1.807) is 50.4 Å². The molecule has 0 aliphatic heterocycles. The maximum atomic E-state index is 11.9. The monoisotopic (exact) mass is 449 g/mol. The van der Waals surface area contributed by atoms with Crippen LogP contribution in [0.5, 0.6) is 0 Å². The van der Waals surface area contributed by atoms with Crippen LogP contribution >= 0.6 is 0 Å². The van der Waals surface area contributed by atoms with Crippen molar-refractivity contribution in [3.63, 3.8) is 0 Å². The Morgan fingerprint density at radius 2 is 1.59 bits per heavy atom. The summed E-state index contributed by atoms with van der Waals surface area (Å²) >= 11 is -2.08. The molecule has 8 heteroatoms. The van der Waals surface area contributed by atoms with Gasteiger partial charge in [-0.3, -0.25) is 9.00 Å². The molecular weight excluding hydrogens is 424 g/mol. The molecular formula is C24H25N4O3S-. The van der Waals surface area contributed by atoms with Gasteiger partial charge in [0.2, 0.25) is 5.91 Å². The van der Waals surface area contributed by atoms with Gasteiger partial charge in [-0.05, 0) is 67.4 Å². The van der Waals surface area contributed by atoms with E-state index in [4.69, 9.17) is 0 Å². The van der Waals surface area contributed by atoms with Crippen molar-refractivity contribution in [3.05, 3.63) is 84.1 Å². The lowest BCUT2D eigenvalue weighted by Gasteiger charge is -2.11. The molecule has 2 atom stereocenters. The number of nitrogens with one attached hydrogen (secondary N) is 3. The Bertz CT molecular complexity index is 1100. The van der Waals surface area contributed by atoms with Crippen LogP contribution in [0, 0.1) is 11.8 Å². The van der Waals surface area contributed by atoms with Crippen molar-refractivity contribution in [3.8, 4) is 11.8 Å². The molecule has 2 aromatic carbocycles. The van der Waals surface area contributed by atoms with Gasteiger partial charge < -0.3 is 20.5 Å². The zero-order valence-corrected chi connectivity index (χ0v) is 18.9. The number of likely N-dealkylation sites (N-methyl/N-ethyl adjacent to an activating group) is 1. The first-order valence-corrected chi connectivity index (χ1v) is 10.9. The van der Waals surface area contributed by atoms with Crippen LogP contribution in [-0.4, -0.2) is 39.8 Å². The molecule has 2 unspecified atom stereocenters. The van der Waals surface area contributed by atoms with Crippen molar-refractivity contribution in [1.82, 2.24) is 10.3 Å². The molecule has 0 aliphatic carbocycles. The maximum absolute atomic E-state index is 11.9. The van der Waals surface area contributed by atoms with Crippen LogP contribution in [0.4, 0.5) is 11.5 Å². The molecule has 0 saturated heterocycles. The van der Waals surface area contributed by atoms with Gasteiger partial charge in [-0.15, -0.1) is 0 Å². The molecule has 0 fully saturated rings. The van der Waals surface area contributed by atoms with Crippen molar-refractivity contribution in [2.75, 3.05) is 24.7 Å². The Labute approximate surface area is 191 Å². The second-order valence-electron chi connectivity index (χ2n) is 6.51. The van der Waals surface area contributed by atoms with Crippen LogP contribution in [0.3, 0.4) is 0 Å². The summed E-state index contributed by atoms with van der Waals surface area (Å²) in [6, 6.07) is 21.2. The SMILES string of the molecule is CNc1ccc(NC(=O)C(C)NC)nc1C#Cc1ccccc1.O=S([O-])c1ccccc1. The number of rotatable bonds is 5. The van der Waals surface area contributed by atoms with Gasteiger partial charge in [-0.25, -0.2) is 4.98 Å². The number of hydrogen-bond acceptors (Lipinski definition) is 6. The third-order valence-corrected chi connectivity index (χ3v) is 4.93. The highest BCUT2D eigenvalue weighted by atomic mass is 32.2. The largest absolute Gasteiger partial charge is 0.768 e. The van der Waals surface area contributed by atoms with Crippen molar-refractivity contribution >= 4 is 28.5 Å². The topological polar surface area (TPSA) is 106 Å². The van der Waals surface area contributed by atoms with Crippen LogP contribution in [0.25, 0.3) is 0 Å². The fraction of sp³-hybridized carbons (Fsp3) is 0.167. The van der Waals surface area contributed by atoms with E-state index in [2.05, 4.69) is 32.8 Å². The molecule has 1 amide bonds. The van der Waals surface area contributed by atoms with E-state index < -0.39 is 11.1 Å². The summed E-state index contributed by atoms with van der Waals surface area (Å²) in [7, 11) is 3.55. The fourth-order valence-corrected chi connectivity index (χ4v) is 2.76. The van der Waals surface area contributed by atoms with E-state index in [-0.39, 0.29) is 11.9 Å². The third-order valence-electron chi connectivity index (χ3n) is 4.28. The van der Waals surface area contributed by atoms with Crippen molar-refractivity contribution < 1.29 is 13.6 Å². The molecule has 7 nitrogen and oxygen atoms in total. The van der Waals surface area contributed by atoms with Gasteiger partial charge in [0.25, 0.3) is 0 Å². The minimum absolute atomic E-state index is 0.140. The van der Waals surface area contributed by atoms with E-state index in [1.807, 2.05) is 43.4 Å². The van der Waals surface area contributed by atoms with Crippen LogP contribution in [-0.2, 0) is 15.9 Å². The molecule has 1 aromatic heterocycles. The Kier molecular flexibility index (Phi) is 10.1. The van der Waals surface area contributed by atoms with Gasteiger partial charge in [0, 0.05) is 17.5 Å². The van der Waals surface area contributed by atoms with Gasteiger partial charge in [0.15, 0.2) is 0 Å². The highest BCUT2D eigenvalue weighted by Crippen LogP contribution is 2.15. The predicted octanol–water partition coefficient (Wildman–Crippen LogP) is 2.99. The molecule has 0 saturated carbocycles. The number of nitrogens with zero attached hydrogens (tertiary/aromatic N) is 1. The Morgan fingerprint density at radius 1 is 0.969 bits per heavy atom. The summed E-state index contributed by atoms with van der Waals surface area (Å²) in [5.41, 5.74) is 2.31. The molecule has 1 heterocycles. The molecule has 0 aliphatic rings. The average Bonchev–Trinajstić information content (AvgIpc) is 2.83. The number of pyridine rings is 1. The number of hydrogen-bond donors (Lipinski definition) is 3. The molecule has 3 rings (SSSR count). The van der Waals surface area contributed by atoms with Crippen LogP contribution < -0.4 is 16.0 Å². The number of carbonyl (C=O) groups is 1. The first-order valence-electron chi connectivity index (χ1n) is 9.83. The quantitative estimate of drug-likeness (QED) is 0.408. The second kappa shape index (κ2) is 13.0. The predicted molar refractivity (Wildman–Crippen MR) is 127 cm³/mol. The van der Waals surface area contributed by atoms with Crippen molar-refractivity contribution in [1.29, 1.82) is 0 Å². The van der Waals surface area contributed by atoms with Crippen LogP contribution in [0.2, 0.25) is 0 Å². The van der Waals surface area contributed by atoms with Gasteiger partial charge in [-0.1, -0.05) is 42.3 Å². The Hall–Kier alpha value is -3.51. The fourth-order valence-electron chi connectivity index (χ4n) is 2.38. The van der Waals surface area contributed by atoms with Gasteiger partial charge in [0.05, 0.1) is 11.7 Å². The molecule has 0 spiro atoms. The summed E-state index contributed by atoms with van der Waals surface area (Å²) in [4.78, 5) is 16.7. The zero-order valence-electron chi connectivity index (χ0n) is 18.1. The number of benzene rings is 2. The summed E-state index contributed by atoms with van der Waals surface area (Å²) in [5, 5.41) is 8.72. The number of amides is 1. The van der Waals surface area contributed by atoms with Gasteiger partial charge >= 0.3 is 0 Å². The van der Waals surface area contributed by atoms with Gasteiger partial charge in [-0.2, -0.15) is 0 Å². The molecule has 32 heavy (non-hydrogen) atoms. The van der Waals surface area contributed by atoms with Gasteiger partial charge in [0.1, 0.15) is 11.5 Å². The first kappa shape index (κ1) is 24.8. The molecule has 0 radical (unpaired) electrons. The van der Waals surface area contributed by atoms with E-state index in [0.717, 1.165) is 11.3 Å². The third kappa shape index (κ3) is 7.96. The average molecular weight is 450 g/mol. The number of carbonyl (C=O) groups excluding carboxylic acids is 1. The Morgan fingerprint density at radius 3 is 2.12 bits per heavy atom. The maximum Gasteiger partial charge on any atom is 0.242 e. The highest BCUT2D eigenvalue weighted by molar-refractivity contribution is 7.79. The Balaban J connectivity index is 0.000000336. The first-order chi connectivity index (χ1) is 15.4. The van der Waals surface area contributed by atoms with Crippen molar-refractivity contribution in [2.24, 2.45) is 0 Å². The molecule has 3 N–H and O–H groups in total. The standard InChI is InChI=1S/C18H20N4O.C6H6O2S/c1-13(19-2)18(23)22-17-12-11-15(20-3)16(21-17)10-9-14-7-5-4-6-8-14;7-9(8)6-4-2-1-3-5-6/h4-8,11-13,19-20H,1-3H3,(H,21,22,23);1-5H,(H,7,8)/p-1. The minimum Gasteiger partial charge on any atom is -0.768 e. The number of anilines is 2. The lowest BCUT2D eigenvalue weighted by Crippen LogP contribution is -2.35. The number of aromatic nitrogens is 1. The lowest BCUT2D eigenvalue weighted by molar-refractivity contribution is -0.117. The molecule has 0 bridgehead atoms. The summed E-state index contributed by atoms with van der Waals surface area (Å²) in [6.07, 6.45) is 0. The van der Waals surface area contributed by atoms with E-state index in [9.17, 15) is 13.6 Å². The smallest absolute Gasteiger partial charge is 0.242 e. The molecule has 166 valence electrons. The highest BCUT2D eigenvalue weighted by Gasteiger charge is 2.11. The van der Waals surface area contributed by atoms with Crippen LogP contribution in [0.1, 0.15) is 18.2 Å². The summed E-state index contributed by atoms with van der Waals surface area (Å²) in [5.74, 6) is 6.46.